The fourth-order valence-electron chi connectivity index (χ4n) is 3.68. The number of hydrogen-bond acceptors (Lipinski definition) is 4. The molecule has 1 heterocycles. The lowest BCUT2D eigenvalue weighted by Crippen LogP contribution is -3.14. The van der Waals surface area contributed by atoms with Crippen molar-refractivity contribution in [2.45, 2.75) is 19.8 Å². The van der Waals surface area contributed by atoms with Crippen molar-refractivity contribution >= 4 is 34.9 Å². The van der Waals surface area contributed by atoms with Crippen LogP contribution in [0.5, 0.6) is 0 Å². The van der Waals surface area contributed by atoms with Crippen molar-refractivity contribution < 1.29 is 31.7 Å². The van der Waals surface area contributed by atoms with Crippen LogP contribution >= 0.6 is 23.2 Å². The second kappa shape index (κ2) is 12.9. The Kier molecular flexibility index (Phi) is 10.6. The first kappa shape index (κ1) is 25.5. The van der Waals surface area contributed by atoms with Gasteiger partial charge in [-0.3, -0.25) is 4.79 Å². The lowest BCUT2D eigenvalue weighted by atomic mass is 9.98. The number of hydrogen-bond donors (Lipinski definition) is 1. The van der Waals surface area contributed by atoms with E-state index in [0.29, 0.717) is 29.0 Å². The van der Waals surface area contributed by atoms with Crippen molar-refractivity contribution in [1.29, 1.82) is 0 Å². The molecule has 1 fully saturated rings. The molecule has 0 radical (unpaired) electrons. The summed E-state index contributed by atoms with van der Waals surface area (Å²) in [7, 11) is 0. The number of quaternary nitrogens is 1. The van der Waals surface area contributed by atoms with E-state index in [1.54, 1.807) is 0 Å². The van der Waals surface area contributed by atoms with Crippen LogP contribution in [0.25, 0.3) is 0 Å². The molecular weight excluding hydrogens is 459 g/mol. The van der Waals surface area contributed by atoms with Gasteiger partial charge in [0.25, 0.3) is 0 Å². The molecule has 1 N–H and O–H groups in total. The first-order chi connectivity index (χ1) is 14.6. The number of oxime groups is 1. The second-order valence-electron chi connectivity index (χ2n) is 7.34. The summed E-state index contributed by atoms with van der Waals surface area (Å²) in [6.07, 6.45) is 1.91. The molecule has 31 heavy (non-hydrogen) atoms. The number of esters is 1. The molecule has 8 heteroatoms. The van der Waals surface area contributed by atoms with Gasteiger partial charge in [0.1, 0.15) is 18.2 Å². The number of carbonyl (C=O) groups is 1. The monoisotopic (exact) mass is 484 g/mol. The molecule has 5 nitrogen and oxygen atoms in total. The van der Waals surface area contributed by atoms with Gasteiger partial charge in [0.15, 0.2) is 6.61 Å². The minimum Gasteiger partial charge on any atom is -1.00 e. The molecule has 1 unspecified atom stereocenters. The van der Waals surface area contributed by atoms with Gasteiger partial charge in [0.2, 0.25) is 0 Å². The zero-order valence-electron chi connectivity index (χ0n) is 17.5. The van der Waals surface area contributed by atoms with Crippen LogP contribution in [0.2, 0.25) is 10.0 Å². The SMILES string of the molecule is CCOC(=O)[C@@H]1CCC[NH+](CCON=C(c2cccc(Cl)c2)c2cccc(Cl)c2)C1.[Cl-]. The van der Waals surface area contributed by atoms with E-state index < -0.39 is 0 Å². The molecule has 168 valence electrons. The number of rotatable bonds is 8. The number of nitrogens with one attached hydrogen (secondary N) is 1. The number of ether oxygens (including phenoxy) is 1. The smallest absolute Gasteiger partial charge is 0.314 e. The quantitative estimate of drug-likeness (QED) is 0.258. The van der Waals surface area contributed by atoms with Crippen molar-refractivity contribution in [3.8, 4) is 0 Å². The number of halogens is 3. The average Bonchev–Trinajstić information content (AvgIpc) is 2.74. The fourth-order valence-corrected chi connectivity index (χ4v) is 4.06. The first-order valence-corrected chi connectivity index (χ1v) is 11.0. The molecule has 2 aromatic rings. The van der Waals surface area contributed by atoms with E-state index in [-0.39, 0.29) is 24.3 Å². The fraction of sp³-hybridized carbons (Fsp3) is 0.391. The predicted octanol–water partition coefficient (Wildman–Crippen LogP) is 0.624. The highest BCUT2D eigenvalue weighted by atomic mass is 35.5. The van der Waals surface area contributed by atoms with E-state index >= 15 is 0 Å². The van der Waals surface area contributed by atoms with Crippen molar-refractivity contribution in [2.75, 3.05) is 32.8 Å². The number of likely N-dealkylation sites (tertiary alicyclic amines) is 1. The summed E-state index contributed by atoms with van der Waals surface area (Å²) in [6.45, 7) is 5.31. The predicted molar refractivity (Wildman–Crippen MR) is 119 cm³/mol. The summed E-state index contributed by atoms with van der Waals surface area (Å²) in [4.78, 5) is 19.1. The molecule has 0 aromatic heterocycles. The number of carbonyl (C=O) groups excluding carboxylic acids is 1. The summed E-state index contributed by atoms with van der Waals surface area (Å²) >= 11 is 12.3. The van der Waals surface area contributed by atoms with E-state index in [1.165, 1.54) is 4.90 Å². The van der Waals surface area contributed by atoms with Crippen LogP contribution in [0.4, 0.5) is 0 Å². The van der Waals surface area contributed by atoms with Crippen molar-refractivity contribution in [3.63, 3.8) is 0 Å². The van der Waals surface area contributed by atoms with Gasteiger partial charge in [-0.25, -0.2) is 0 Å². The summed E-state index contributed by atoms with van der Waals surface area (Å²) in [5.41, 5.74) is 2.40. The zero-order valence-corrected chi connectivity index (χ0v) is 19.7. The third-order valence-electron chi connectivity index (χ3n) is 5.14. The van der Waals surface area contributed by atoms with Gasteiger partial charge in [0.05, 0.1) is 19.7 Å². The van der Waals surface area contributed by atoms with E-state index in [2.05, 4.69) is 5.16 Å². The normalized spacial score (nSPS) is 17.9. The van der Waals surface area contributed by atoms with Gasteiger partial charge in [-0.2, -0.15) is 0 Å². The minimum absolute atomic E-state index is 0. The van der Waals surface area contributed by atoms with E-state index in [0.717, 1.165) is 43.6 Å². The largest absolute Gasteiger partial charge is 1.00 e. The van der Waals surface area contributed by atoms with Crippen LogP contribution in [0.3, 0.4) is 0 Å². The zero-order chi connectivity index (χ0) is 21.3. The molecule has 0 amide bonds. The molecule has 0 spiro atoms. The summed E-state index contributed by atoms with van der Waals surface area (Å²) < 4.78 is 5.18. The van der Waals surface area contributed by atoms with Gasteiger partial charge in [-0.15, -0.1) is 0 Å². The molecule has 0 aliphatic carbocycles. The van der Waals surface area contributed by atoms with E-state index in [9.17, 15) is 4.79 Å². The maximum absolute atomic E-state index is 12.0. The Bertz CT molecular complexity index is 844. The standard InChI is InChI=1S/C23H26Cl2N2O3.ClH/c1-2-29-23(28)19-8-5-11-27(16-19)12-13-30-26-22(17-6-3-9-20(24)14-17)18-7-4-10-21(25)15-18;/h3-4,6-7,9-10,14-15,19H,2,5,8,11-13,16H2,1H3;1H/t19-;/m1./s1. The van der Waals surface area contributed by atoms with Crippen LogP contribution in [0.1, 0.15) is 30.9 Å². The summed E-state index contributed by atoms with van der Waals surface area (Å²) in [5.74, 6) is -0.108. The minimum atomic E-state index is -0.0853. The summed E-state index contributed by atoms with van der Waals surface area (Å²) in [6, 6.07) is 15.0. The Hall–Kier alpha value is -1.79. The highest BCUT2D eigenvalue weighted by Gasteiger charge is 2.29. The highest BCUT2D eigenvalue weighted by Crippen LogP contribution is 2.19. The van der Waals surface area contributed by atoms with E-state index in [1.807, 2.05) is 55.5 Å². The molecule has 1 saturated heterocycles. The third-order valence-corrected chi connectivity index (χ3v) is 5.61. The van der Waals surface area contributed by atoms with Crippen LogP contribution in [0, 0.1) is 5.92 Å². The molecule has 2 atom stereocenters. The van der Waals surface area contributed by atoms with Gasteiger partial charge in [0, 0.05) is 21.2 Å². The van der Waals surface area contributed by atoms with Gasteiger partial charge in [-0.1, -0.05) is 52.6 Å². The Morgan fingerprint density at radius 3 is 2.35 bits per heavy atom. The van der Waals surface area contributed by atoms with Crippen molar-refractivity contribution in [2.24, 2.45) is 11.1 Å². The molecule has 0 saturated carbocycles. The van der Waals surface area contributed by atoms with Gasteiger partial charge in [-0.05, 0) is 44.0 Å². The van der Waals surface area contributed by atoms with Crippen molar-refractivity contribution in [3.05, 3.63) is 69.7 Å². The molecule has 1 aliphatic heterocycles. The molecule has 3 rings (SSSR count). The number of piperidine rings is 1. The highest BCUT2D eigenvalue weighted by molar-refractivity contribution is 6.32. The topological polar surface area (TPSA) is 52.3 Å². The Morgan fingerprint density at radius 2 is 1.77 bits per heavy atom. The van der Waals surface area contributed by atoms with Crippen molar-refractivity contribution in [1.82, 2.24) is 0 Å². The molecule has 0 bridgehead atoms. The number of benzene rings is 2. The molecule has 2 aromatic carbocycles. The summed E-state index contributed by atoms with van der Waals surface area (Å²) in [5, 5.41) is 5.67. The Labute approximate surface area is 199 Å². The maximum atomic E-state index is 12.0. The number of nitrogens with zero attached hydrogens (tertiary/aromatic N) is 1. The third kappa shape index (κ3) is 7.69. The van der Waals surface area contributed by atoms with Crippen LogP contribution in [-0.2, 0) is 14.4 Å². The van der Waals surface area contributed by atoms with Gasteiger partial charge < -0.3 is 26.9 Å². The maximum Gasteiger partial charge on any atom is 0.314 e. The average molecular weight is 486 g/mol. The first-order valence-electron chi connectivity index (χ1n) is 10.3. The Balaban J connectivity index is 0.00000341. The molecular formula is C23H27Cl3N2O3. The Morgan fingerprint density at radius 1 is 1.13 bits per heavy atom. The van der Waals surface area contributed by atoms with Gasteiger partial charge >= 0.3 is 5.97 Å². The lowest BCUT2D eigenvalue weighted by Gasteiger charge is -2.28. The lowest BCUT2D eigenvalue weighted by molar-refractivity contribution is -0.908. The second-order valence-corrected chi connectivity index (χ2v) is 8.21. The molecule has 1 aliphatic rings. The van der Waals surface area contributed by atoms with Crippen LogP contribution in [-0.4, -0.2) is 44.5 Å². The van der Waals surface area contributed by atoms with Crippen LogP contribution in [0.15, 0.2) is 53.7 Å². The van der Waals surface area contributed by atoms with Crippen LogP contribution < -0.4 is 17.3 Å². The van der Waals surface area contributed by atoms with E-state index in [4.69, 9.17) is 32.8 Å².